The molecule has 0 unspecified atom stereocenters. The summed E-state index contributed by atoms with van der Waals surface area (Å²) < 4.78 is 0. The number of hydrogen-bond donors (Lipinski definition) is 2. The summed E-state index contributed by atoms with van der Waals surface area (Å²) >= 11 is 6.30. The molecule has 3 N–H and O–H groups in total. The lowest BCUT2D eigenvalue weighted by atomic mass is 10.0. The molecule has 0 spiro atoms. The number of hydrogen-bond acceptors (Lipinski definition) is 5. The predicted molar refractivity (Wildman–Crippen MR) is 122 cm³/mol. The maximum Gasteiger partial charge on any atom is 0.178 e. The van der Waals surface area contributed by atoms with Gasteiger partial charge in [0.2, 0.25) is 0 Å². The lowest BCUT2D eigenvalue weighted by molar-refractivity contribution is 0.525. The largest absolute Gasteiger partial charge is 0.368 e. The zero-order valence-corrected chi connectivity index (χ0v) is 17.7. The summed E-state index contributed by atoms with van der Waals surface area (Å²) in [5, 5.41) is 0.692. The molecule has 5 rings (SSSR count). The van der Waals surface area contributed by atoms with E-state index in [1.807, 2.05) is 43.6 Å². The Morgan fingerprint density at radius 2 is 2.03 bits per heavy atom. The number of imidazole rings is 1. The number of nitrogens with zero attached hydrogens (tertiary/aromatic N) is 4. The van der Waals surface area contributed by atoms with E-state index in [9.17, 15) is 0 Å². The Hall–Kier alpha value is -2.96. The fraction of sp³-hybridized carbons (Fsp3) is 0.261. The Kier molecular flexibility index (Phi) is 4.49. The highest BCUT2D eigenvalue weighted by molar-refractivity contribution is 6.30. The minimum absolute atomic E-state index is 0.238. The third-order valence-corrected chi connectivity index (χ3v) is 5.96. The number of nitrogens with one attached hydrogen (secondary N) is 1. The van der Waals surface area contributed by atoms with Gasteiger partial charge in [-0.3, -0.25) is 4.98 Å². The average Bonchev–Trinajstić information content (AvgIpc) is 3.31. The van der Waals surface area contributed by atoms with Gasteiger partial charge in [-0.2, -0.15) is 0 Å². The smallest absolute Gasteiger partial charge is 0.178 e. The minimum atomic E-state index is -0.238. The lowest BCUT2D eigenvalue weighted by Crippen LogP contribution is -2.39. The predicted octanol–water partition coefficient (Wildman–Crippen LogP) is 4.58. The quantitative estimate of drug-likeness (QED) is 0.509. The van der Waals surface area contributed by atoms with Crippen LogP contribution in [0.2, 0.25) is 5.02 Å². The number of fused-ring (bicyclic) bond motifs is 1. The number of nitrogens with two attached hydrogens (primary N) is 1. The van der Waals surface area contributed by atoms with Crippen LogP contribution in [0.4, 0.5) is 5.69 Å². The maximum atomic E-state index is 6.48. The summed E-state index contributed by atoms with van der Waals surface area (Å²) in [6, 6.07) is 9.83. The molecular formula is C23H23ClN6. The van der Waals surface area contributed by atoms with Gasteiger partial charge in [0.15, 0.2) is 5.65 Å². The Bertz CT molecular complexity index is 1250. The van der Waals surface area contributed by atoms with Crippen molar-refractivity contribution in [1.29, 1.82) is 0 Å². The molecule has 1 fully saturated rings. The van der Waals surface area contributed by atoms with Crippen molar-refractivity contribution < 1.29 is 0 Å². The zero-order chi connectivity index (χ0) is 20.9. The number of aromatic nitrogens is 4. The fourth-order valence-corrected chi connectivity index (χ4v) is 4.36. The van der Waals surface area contributed by atoms with Gasteiger partial charge in [-0.15, -0.1) is 0 Å². The van der Waals surface area contributed by atoms with Gasteiger partial charge < -0.3 is 15.6 Å². The van der Waals surface area contributed by atoms with E-state index in [0.717, 1.165) is 58.8 Å². The van der Waals surface area contributed by atoms with Crippen LogP contribution in [0.15, 0.2) is 48.9 Å². The number of benzene rings is 1. The summed E-state index contributed by atoms with van der Waals surface area (Å²) in [7, 11) is 0. The third kappa shape index (κ3) is 3.32. The second-order valence-corrected chi connectivity index (χ2v) is 8.77. The molecular weight excluding hydrogens is 396 g/mol. The van der Waals surface area contributed by atoms with Crippen LogP contribution in [-0.4, -0.2) is 38.6 Å². The van der Waals surface area contributed by atoms with Crippen LogP contribution in [0.3, 0.4) is 0 Å². The van der Waals surface area contributed by atoms with Crippen molar-refractivity contribution in [2.45, 2.75) is 25.8 Å². The summed E-state index contributed by atoms with van der Waals surface area (Å²) in [6.45, 7) is 5.78. The maximum absolute atomic E-state index is 6.48. The van der Waals surface area contributed by atoms with Crippen LogP contribution >= 0.6 is 11.6 Å². The molecule has 0 bridgehead atoms. The monoisotopic (exact) mass is 418 g/mol. The summed E-state index contributed by atoms with van der Waals surface area (Å²) in [4.78, 5) is 19.5. The number of H-pyrrole nitrogens is 1. The first kappa shape index (κ1) is 19.0. The average molecular weight is 419 g/mol. The van der Waals surface area contributed by atoms with Gasteiger partial charge in [-0.05, 0) is 49.6 Å². The highest BCUT2D eigenvalue weighted by atomic mass is 35.5. The van der Waals surface area contributed by atoms with Gasteiger partial charge in [0.05, 0.1) is 16.8 Å². The molecule has 4 aromatic rings. The van der Waals surface area contributed by atoms with Crippen molar-refractivity contribution in [3.05, 3.63) is 59.5 Å². The molecule has 0 saturated carbocycles. The Morgan fingerprint density at radius 3 is 2.77 bits per heavy atom. The second kappa shape index (κ2) is 7.07. The molecule has 0 aliphatic carbocycles. The highest BCUT2D eigenvalue weighted by Gasteiger charge is 2.33. The molecule has 3 aromatic heterocycles. The van der Waals surface area contributed by atoms with Gasteiger partial charge in [-0.1, -0.05) is 23.7 Å². The van der Waals surface area contributed by atoms with Crippen molar-refractivity contribution in [3.8, 4) is 22.5 Å². The molecule has 7 heteroatoms. The van der Waals surface area contributed by atoms with Crippen molar-refractivity contribution in [1.82, 2.24) is 19.9 Å². The van der Waals surface area contributed by atoms with Gasteiger partial charge in [-0.25, -0.2) is 9.97 Å². The van der Waals surface area contributed by atoms with E-state index in [1.54, 1.807) is 6.20 Å². The molecule has 1 atom stereocenters. The Morgan fingerprint density at radius 1 is 1.20 bits per heavy atom. The molecule has 152 valence electrons. The number of pyridine rings is 2. The molecule has 4 heterocycles. The molecule has 1 saturated heterocycles. The molecule has 6 nitrogen and oxygen atoms in total. The SMILES string of the molecule is Cc1ccnc2nc(-c3cncc(-c4cccc(Cl)c4)c3N3CC[C@](C)(N)C3)[nH]c12. The number of aryl methyl sites for hydroxylation is 1. The van der Waals surface area contributed by atoms with Crippen LogP contribution in [0.5, 0.6) is 0 Å². The van der Waals surface area contributed by atoms with E-state index < -0.39 is 0 Å². The normalized spacial score (nSPS) is 19.0. The van der Waals surface area contributed by atoms with Crippen molar-refractivity contribution >= 4 is 28.5 Å². The van der Waals surface area contributed by atoms with Gasteiger partial charge >= 0.3 is 0 Å². The van der Waals surface area contributed by atoms with E-state index >= 15 is 0 Å². The van der Waals surface area contributed by atoms with E-state index in [0.29, 0.717) is 10.7 Å². The first-order valence-electron chi connectivity index (χ1n) is 10.0. The van der Waals surface area contributed by atoms with Gasteiger partial charge in [0, 0.05) is 47.8 Å². The van der Waals surface area contributed by atoms with E-state index in [4.69, 9.17) is 22.3 Å². The summed E-state index contributed by atoms with van der Waals surface area (Å²) in [6.07, 6.45) is 6.46. The molecule has 1 aromatic carbocycles. The van der Waals surface area contributed by atoms with Crippen LogP contribution < -0.4 is 10.6 Å². The molecule has 1 aliphatic rings. The highest BCUT2D eigenvalue weighted by Crippen LogP contribution is 2.41. The lowest BCUT2D eigenvalue weighted by Gasteiger charge is -2.26. The molecule has 0 radical (unpaired) electrons. The second-order valence-electron chi connectivity index (χ2n) is 8.33. The van der Waals surface area contributed by atoms with Gasteiger partial charge in [0.1, 0.15) is 5.82 Å². The summed E-state index contributed by atoms with van der Waals surface area (Å²) in [5.41, 5.74) is 13.0. The molecule has 1 aliphatic heterocycles. The number of anilines is 1. The van der Waals surface area contributed by atoms with Crippen LogP contribution in [0, 0.1) is 6.92 Å². The zero-order valence-electron chi connectivity index (χ0n) is 17.0. The van der Waals surface area contributed by atoms with Crippen molar-refractivity contribution in [2.24, 2.45) is 5.73 Å². The topological polar surface area (TPSA) is 83.7 Å². The Labute approximate surface area is 180 Å². The van der Waals surface area contributed by atoms with E-state index in [2.05, 4.69) is 32.8 Å². The first-order chi connectivity index (χ1) is 14.4. The molecule has 30 heavy (non-hydrogen) atoms. The fourth-order valence-electron chi connectivity index (χ4n) is 4.17. The van der Waals surface area contributed by atoms with Crippen LogP contribution in [0.25, 0.3) is 33.7 Å². The third-order valence-electron chi connectivity index (χ3n) is 5.73. The van der Waals surface area contributed by atoms with Crippen molar-refractivity contribution in [3.63, 3.8) is 0 Å². The number of halogens is 1. The Balaban J connectivity index is 1.74. The number of rotatable bonds is 3. The van der Waals surface area contributed by atoms with Crippen LogP contribution in [-0.2, 0) is 0 Å². The summed E-state index contributed by atoms with van der Waals surface area (Å²) in [5.74, 6) is 0.754. The standard InChI is InChI=1S/C23H23ClN6/c1-14-6-8-27-22-19(14)28-21(29-22)18-12-26-11-17(15-4-3-5-16(24)10-15)20(18)30-9-7-23(2,25)13-30/h3-6,8,10-12H,7,9,13,25H2,1-2H3,(H,27,28,29)/t23-/m0/s1. The molecule has 0 amide bonds. The number of aromatic amines is 1. The van der Waals surface area contributed by atoms with E-state index in [-0.39, 0.29) is 5.54 Å². The van der Waals surface area contributed by atoms with E-state index in [1.165, 1.54) is 0 Å². The van der Waals surface area contributed by atoms with Crippen LogP contribution in [0.1, 0.15) is 18.9 Å². The first-order valence-corrected chi connectivity index (χ1v) is 10.4. The van der Waals surface area contributed by atoms with Gasteiger partial charge in [0.25, 0.3) is 0 Å². The van der Waals surface area contributed by atoms with Crippen molar-refractivity contribution in [2.75, 3.05) is 18.0 Å². The minimum Gasteiger partial charge on any atom is -0.368 e.